The predicted octanol–water partition coefficient (Wildman–Crippen LogP) is 3.78. The summed E-state index contributed by atoms with van der Waals surface area (Å²) in [5, 5.41) is 7.31. The van der Waals surface area contributed by atoms with E-state index in [1.807, 2.05) is 73.4 Å². The highest BCUT2D eigenvalue weighted by atomic mass is 16.5. The minimum absolute atomic E-state index is 0.0194. The van der Waals surface area contributed by atoms with Crippen LogP contribution < -0.4 is 10.1 Å². The molecule has 5 heteroatoms. The molecule has 2 aromatic carbocycles. The highest BCUT2D eigenvalue weighted by Gasteiger charge is 2.29. The first-order chi connectivity index (χ1) is 12.6. The van der Waals surface area contributed by atoms with E-state index in [0.29, 0.717) is 13.0 Å². The van der Waals surface area contributed by atoms with Gasteiger partial charge in [-0.05, 0) is 24.1 Å². The van der Waals surface area contributed by atoms with Crippen LogP contribution in [0.4, 0.5) is 5.69 Å². The van der Waals surface area contributed by atoms with E-state index in [0.717, 1.165) is 33.8 Å². The Morgan fingerprint density at radius 3 is 2.73 bits per heavy atom. The molecule has 0 aliphatic carbocycles. The highest BCUT2D eigenvalue weighted by molar-refractivity contribution is 5.95. The van der Waals surface area contributed by atoms with Gasteiger partial charge in [-0.1, -0.05) is 36.4 Å². The van der Waals surface area contributed by atoms with Crippen LogP contribution in [0.15, 0.2) is 54.7 Å². The predicted molar refractivity (Wildman–Crippen MR) is 100 cm³/mol. The highest BCUT2D eigenvalue weighted by Crippen LogP contribution is 2.39. The summed E-state index contributed by atoms with van der Waals surface area (Å²) >= 11 is 0. The molecule has 1 N–H and O–H groups in total. The Kier molecular flexibility index (Phi) is 4.21. The molecule has 1 aliphatic rings. The lowest BCUT2D eigenvalue weighted by molar-refractivity contribution is -0.116. The Morgan fingerprint density at radius 2 is 2.00 bits per heavy atom. The number of rotatable bonds is 4. The zero-order valence-corrected chi connectivity index (χ0v) is 14.9. The van der Waals surface area contributed by atoms with Crippen LogP contribution >= 0.6 is 0 Å². The number of aryl methyl sites for hydroxylation is 1. The Balaban J connectivity index is 1.61. The van der Waals surface area contributed by atoms with Crippen molar-refractivity contribution < 1.29 is 9.53 Å². The van der Waals surface area contributed by atoms with Crippen LogP contribution in [0.2, 0.25) is 0 Å². The maximum atomic E-state index is 12.2. The third kappa shape index (κ3) is 3.08. The average Bonchev–Trinajstić information content (AvgIpc) is 2.98. The third-order valence-corrected chi connectivity index (χ3v) is 4.96. The smallest absolute Gasteiger partial charge is 0.225 e. The monoisotopic (exact) mass is 347 g/mol. The van der Waals surface area contributed by atoms with Crippen LogP contribution in [0.3, 0.4) is 0 Å². The number of amides is 1. The molecule has 0 saturated heterocycles. The van der Waals surface area contributed by atoms with Crippen molar-refractivity contribution in [2.24, 2.45) is 7.05 Å². The summed E-state index contributed by atoms with van der Waals surface area (Å²) < 4.78 is 7.74. The fraction of sp³-hybridized carbons (Fsp3) is 0.238. The zero-order chi connectivity index (χ0) is 18.1. The summed E-state index contributed by atoms with van der Waals surface area (Å²) in [5.74, 6) is 0.790. The molecule has 4 rings (SSSR count). The van der Waals surface area contributed by atoms with E-state index in [4.69, 9.17) is 4.74 Å². The quantitative estimate of drug-likeness (QED) is 0.781. The summed E-state index contributed by atoms with van der Waals surface area (Å²) in [4.78, 5) is 12.2. The van der Waals surface area contributed by atoms with Gasteiger partial charge >= 0.3 is 0 Å². The number of carbonyl (C=O) groups excluding carboxylic acids is 1. The Labute approximate surface area is 152 Å². The van der Waals surface area contributed by atoms with Gasteiger partial charge in [-0.25, -0.2) is 0 Å². The lowest BCUT2D eigenvalue weighted by Gasteiger charge is -2.26. The number of anilines is 1. The molecule has 0 spiro atoms. The van der Waals surface area contributed by atoms with Crippen molar-refractivity contribution in [3.8, 4) is 5.75 Å². The normalized spacial score (nSPS) is 16.1. The van der Waals surface area contributed by atoms with Crippen molar-refractivity contribution in [1.82, 2.24) is 9.78 Å². The van der Waals surface area contributed by atoms with Crippen LogP contribution in [-0.2, 0) is 18.4 Å². The van der Waals surface area contributed by atoms with Crippen LogP contribution in [0.5, 0.6) is 5.75 Å². The van der Waals surface area contributed by atoms with Gasteiger partial charge in [-0.3, -0.25) is 9.48 Å². The molecule has 2 heterocycles. The lowest BCUT2D eigenvalue weighted by Crippen LogP contribution is -2.23. The molecule has 1 unspecified atom stereocenters. The summed E-state index contributed by atoms with van der Waals surface area (Å²) in [5.41, 5.74) is 5.22. The second-order valence-electron chi connectivity index (χ2n) is 6.64. The Hall–Kier alpha value is -3.08. The van der Waals surface area contributed by atoms with Gasteiger partial charge in [0.2, 0.25) is 5.91 Å². The maximum Gasteiger partial charge on any atom is 0.225 e. The first-order valence-corrected chi connectivity index (χ1v) is 8.71. The van der Waals surface area contributed by atoms with E-state index in [9.17, 15) is 4.79 Å². The standard InChI is InChI=1S/C21H21N3O2/c1-14-19(12-22-24(14)2)18-11-21(25)23-20-10-16(8-9-17(18)20)26-13-15-6-4-3-5-7-15/h3-10,12,18H,11,13H2,1-2H3,(H,23,25). The van der Waals surface area contributed by atoms with Gasteiger partial charge in [0.15, 0.2) is 0 Å². The van der Waals surface area contributed by atoms with Crippen molar-refractivity contribution in [3.63, 3.8) is 0 Å². The summed E-state index contributed by atoms with van der Waals surface area (Å²) in [6.07, 6.45) is 2.30. The second-order valence-corrected chi connectivity index (χ2v) is 6.64. The van der Waals surface area contributed by atoms with Crippen molar-refractivity contribution in [2.75, 3.05) is 5.32 Å². The molecule has 1 aliphatic heterocycles. The minimum Gasteiger partial charge on any atom is -0.489 e. The number of fused-ring (bicyclic) bond motifs is 1. The number of nitrogens with zero attached hydrogens (tertiary/aromatic N) is 2. The number of ether oxygens (including phenoxy) is 1. The van der Waals surface area contributed by atoms with Crippen LogP contribution in [0.25, 0.3) is 0 Å². The summed E-state index contributed by atoms with van der Waals surface area (Å²) in [6, 6.07) is 16.0. The maximum absolute atomic E-state index is 12.2. The minimum atomic E-state index is 0.0194. The second kappa shape index (κ2) is 6.67. The van der Waals surface area contributed by atoms with E-state index >= 15 is 0 Å². The van der Waals surface area contributed by atoms with E-state index < -0.39 is 0 Å². The topological polar surface area (TPSA) is 56.1 Å². The van der Waals surface area contributed by atoms with Crippen molar-refractivity contribution in [1.29, 1.82) is 0 Å². The lowest BCUT2D eigenvalue weighted by atomic mass is 9.85. The number of benzene rings is 2. The molecule has 26 heavy (non-hydrogen) atoms. The fourth-order valence-electron chi connectivity index (χ4n) is 3.41. The molecule has 132 valence electrons. The molecular formula is C21H21N3O2. The van der Waals surface area contributed by atoms with Gasteiger partial charge in [-0.15, -0.1) is 0 Å². The van der Waals surface area contributed by atoms with E-state index in [1.54, 1.807) is 0 Å². The van der Waals surface area contributed by atoms with Gasteiger partial charge in [0.25, 0.3) is 0 Å². The van der Waals surface area contributed by atoms with Crippen LogP contribution in [0.1, 0.15) is 34.7 Å². The number of nitrogens with one attached hydrogen (secondary N) is 1. The summed E-state index contributed by atoms with van der Waals surface area (Å²) in [6.45, 7) is 2.53. The number of carbonyl (C=O) groups is 1. The molecule has 0 radical (unpaired) electrons. The average molecular weight is 347 g/mol. The number of aromatic nitrogens is 2. The molecule has 1 atom stereocenters. The Morgan fingerprint density at radius 1 is 1.19 bits per heavy atom. The fourth-order valence-corrected chi connectivity index (χ4v) is 3.41. The van der Waals surface area contributed by atoms with Gasteiger partial charge in [-0.2, -0.15) is 5.10 Å². The molecule has 1 amide bonds. The molecule has 1 aromatic heterocycles. The van der Waals surface area contributed by atoms with Gasteiger partial charge in [0.05, 0.1) is 6.20 Å². The first kappa shape index (κ1) is 16.4. The van der Waals surface area contributed by atoms with Crippen molar-refractivity contribution >= 4 is 11.6 Å². The first-order valence-electron chi connectivity index (χ1n) is 8.71. The molecule has 3 aromatic rings. The van der Waals surface area contributed by atoms with Crippen molar-refractivity contribution in [3.05, 3.63) is 77.1 Å². The molecule has 0 bridgehead atoms. The number of hydrogen-bond acceptors (Lipinski definition) is 3. The van der Waals surface area contributed by atoms with Gasteiger partial charge < -0.3 is 10.1 Å². The van der Waals surface area contributed by atoms with Crippen LogP contribution in [0, 0.1) is 6.92 Å². The van der Waals surface area contributed by atoms with E-state index in [1.165, 1.54) is 0 Å². The molecular weight excluding hydrogens is 326 g/mol. The molecule has 0 fully saturated rings. The molecule has 5 nitrogen and oxygen atoms in total. The van der Waals surface area contributed by atoms with Gasteiger partial charge in [0.1, 0.15) is 12.4 Å². The molecule has 0 saturated carbocycles. The third-order valence-electron chi connectivity index (χ3n) is 4.96. The van der Waals surface area contributed by atoms with E-state index in [2.05, 4.69) is 10.4 Å². The van der Waals surface area contributed by atoms with Gasteiger partial charge in [0, 0.05) is 42.4 Å². The number of hydrogen-bond donors (Lipinski definition) is 1. The van der Waals surface area contributed by atoms with E-state index in [-0.39, 0.29) is 11.8 Å². The largest absolute Gasteiger partial charge is 0.489 e. The summed E-state index contributed by atoms with van der Waals surface area (Å²) in [7, 11) is 1.92. The SMILES string of the molecule is Cc1c(C2CC(=O)Nc3cc(OCc4ccccc4)ccc32)cnn1C. The van der Waals surface area contributed by atoms with Crippen molar-refractivity contribution in [2.45, 2.75) is 25.9 Å². The van der Waals surface area contributed by atoms with Crippen LogP contribution in [-0.4, -0.2) is 15.7 Å². The Bertz CT molecular complexity index is 947. The zero-order valence-electron chi connectivity index (χ0n) is 14.9.